The molecular weight excluding hydrogens is 504 g/mol. The summed E-state index contributed by atoms with van der Waals surface area (Å²) >= 11 is 1.06. The van der Waals surface area contributed by atoms with Crippen molar-refractivity contribution in [1.29, 1.82) is 0 Å². The summed E-state index contributed by atoms with van der Waals surface area (Å²) < 4.78 is 34.6. The van der Waals surface area contributed by atoms with Crippen molar-refractivity contribution in [1.82, 2.24) is 19.8 Å². The number of amides is 1. The molecule has 0 saturated heterocycles. The summed E-state index contributed by atoms with van der Waals surface area (Å²) in [5.41, 5.74) is -1.52. The number of rotatable bonds is 4. The largest absolute Gasteiger partial charge is 0.502 e. The molecule has 2 aliphatic rings. The van der Waals surface area contributed by atoms with Crippen LogP contribution in [0.5, 0.6) is 5.75 Å². The summed E-state index contributed by atoms with van der Waals surface area (Å²) in [6.45, 7) is 2.05. The van der Waals surface area contributed by atoms with Crippen LogP contribution in [0.2, 0.25) is 0 Å². The quantitative estimate of drug-likeness (QED) is 0.552. The number of aromatic hydroxyl groups is 1. The SMILES string of the molecule is COC1(C)CCC2(CC1)N(C)C(=O)c1c(O)c(=O)c(-c3nnc(Cc4ccc(F)cc4F)s3)cn1N2C. The molecule has 12 heteroatoms. The molecule has 1 aliphatic heterocycles. The smallest absolute Gasteiger partial charge is 0.278 e. The van der Waals surface area contributed by atoms with Gasteiger partial charge in [0.2, 0.25) is 5.43 Å². The molecule has 1 spiro atoms. The molecule has 2 aromatic heterocycles. The van der Waals surface area contributed by atoms with Crippen LogP contribution in [-0.2, 0) is 11.2 Å². The summed E-state index contributed by atoms with van der Waals surface area (Å²) in [6, 6.07) is 3.29. The fraction of sp³-hybridized carbons (Fsp3) is 0.440. The maximum absolute atomic E-state index is 14.1. The van der Waals surface area contributed by atoms with E-state index in [1.165, 1.54) is 16.9 Å². The van der Waals surface area contributed by atoms with Gasteiger partial charge < -0.3 is 14.7 Å². The van der Waals surface area contributed by atoms with E-state index in [-0.39, 0.29) is 33.9 Å². The van der Waals surface area contributed by atoms with E-state index in [0.29, 0.717) is 17.8 Å². The summed E-state index contributed by atoms with van der Waals surface area (Å²) in [4.78, 5) is 28.1. The van der Waals surface area contributed by atoms with Crippen molar-refractivity contribution in [2.24, 2.45) is 0 Å². The van der Waals surface area contributed by atoms with Crippen molar-refractivity contribution in [2.75, 3.05) is 26.2 Å². The van der Waals surface area contributed by atoms with Crippen molar-refractivity contribution >= 4 is 17.2 Å². The second-order valence-corrected chi connectivity index (χ2v) is 10.9. The summed E-state index contributed by atoms with van der Waals surface area (Å²) in [7, 11) is 5.18. The zero-order chi connectivity index (χ0) is 26.7. The third-order valence-corrected chi connectivity index (χ3v) is 8.83. The first-order valence-corrected chi connectivity index (χ1v) is 12.6. The topological polar surface area (TPSA) is 101 Å². The molecule has 3 heterocycles. The molecule has 0 unspecified atom stereocenters. The molecule has 0 atom stereocenters. The van der Waals surface area contributed by atoms with Crippen LogP contribution in [0.15, 0.2) is 29.2 Å². The van der Waals surface area contributed by atoms with Crippen LogP contribution >= 0.6 is 11.3 Å². The molecule has 1 N–H and O–H groups in total. The fourth-order valence-electron chi connectivity index (χ4n) is 5.25. The number of aromatic nitrogens is 3. The lowest BCUT2D eigenvalue weighted by Crippen LogP contribution is -2.70. The third kappa shape index (κ3) is 3.98. The van der Waals surface area contributed by atoms with Gasteiger partial charge in [0.05, 0.1) is 11.2 Å². The molecule has 1 saturated carbocycles. The zero-order valence-electron chi connectivity index (χ0n) is 20.9. The van der Waals surface area contributed by atoms with Crippen LogP contribution in [0.3, 0.4) is 0 Å². The number of ether oxygens (including phenoxy) is 1. The van der Waals surface area contributed by atoms with E-state index in [9.17, 15) is 23.5 Å². The van der Waals surface area contributed by atoms with Crippen LogP contribution in [-0.4, -0.2) is 63.3 Å². The maximum atomic E-state index is 14.1. The van der Waals surface area contributed by atoms with Gasteiger partial charge in [0, 0.05) is 39.9 Å². The normalized spacial score (nSPS) is 23.6. The Hall–Kier alpha value is -3.38. The molecule has 196 valence electrons. The highest BCUT2D eigenvalue weighted by Crippen LogP contribution is 2.44. The van der Waals surface area contributed by atoms with Crippen LogP contribution in [0.1, 0.15) is 53.7 Å². The minimum absolute atomic E-state index is 0.0621. The molecule has 1 amide bonds. The second kappa shape index (κ2) is 8.88. The number of halogens is 2. The van der Waals surface area contributed by atoms with Gasteiger partial charge in [-0.1, -0.05) is 17.4 Å². The van der Waals surface area contributed by atoms with Crippen molar-refractivity contribution in [2.45, 2.75) is 50.3 Å². The first-order chi connectivity index (χ1) is 17.5. The van der Waals surface area contributed by atoms with Gasteiger partial charge in [-0.25, -0.2) is 8.78 Å². The molecule has 1 fully saturated rings. The lowest BCUT2D eigenvalue weighted by molar-refractivity contribution is -0.0672. The zero-order valence-corrected chi connectivity index (χ0v) is 21.7. The van der Waals surface area contributed by atoms with Gasteiger partial charge in [-0.3, -0.25) is 19.3 Å². The minimum Gasteiger partial charge on any atom is -0.502 e. The van der Waals surface area contributed by atoms with Crippen LogP contribution in [0.25, 0.3) is 10.6 Å². The highest BCUT2D eigenvalue weighted by atomic mass is 32.1. The number of carbonyl (C=O) groups is 1. The van der Waals surface area contributed by atoms with E-state index >= 15 is 0 Å². The Balaban J connectivity index is 1.53. The van der Waals surface area contributed by atoms with Gasteiger partial charge in [-0.2, -0.15) is 0 Å². The average molecular weight is 532 g/mol. The first-order valence-electron chi connectivity index (χ1n) is 11.8. The van der Waals surface area contributed by atoms with E-state index in [4.69, 9.17) is 4.74 Å². The summed E-state index contributed by atoms with van der Waals surface area (Å²) in [5, 5.41) is 21.5. The monoisotopic (exact) mass is 531 g/mol. The molecular formula is C25H27F2N5O4S. The Bertz CT molecular complexity index is 1450. The average Bonchev–Trinajstić information content (AvgIpc) is 3.34. The Morgan fingerprint density at radius 2 is 1.84 bits per heavy atom. The Morgan fingerprint density at radius 1 is 1.14 bits per heavy atom. The Morgan fingerprint density at radius 3 is 2.49 bits per heavy atom. The Labute approximate surface area is 215 Å². The predicted molar refractivity (Wildman–Crippen MR) is 133 cm³/mol. The van der Waals surface area contributed by atoms with Crippen molar-refractivity contribution in [3.8, 4) is 16.3 Å². The number of hydrogen-bond acceptors (Lipinski definition) is 8. The number of carbonyl (C=O) groups excluding carboxylic acids is 1. The highest BCUT2D eigenvalue weighted by molar-refractivity contribution is 7.14. The molecule has 9 nitrogen and oxygen atoms in total. The number of nitrogens with zero attached hydrogens (tertiary/aromatic N) is 5. The van der Waals surface area contributed by atoms with Gasteiger partial charge in [0.1, 0.15) is 22.3 Å². The second-order valence-electron chi connectivity index (χ2n) is 9.85. The molecule has 0 radical (unpaired) electrons. The summed E-state index contributed by atoms with van der Waals surface area (Å²) in [6.07, 6.45) is 4.26. The van der Waals surface area contributed by atoms with Gasteiger partial charge in [-0.05, 0) is 44.2 Å². The maximum Gasteiger partial charge on any atom is 0.278 e. The molecule has 1 aliphatic carbocycles. The molecule has 37 heavy (non-hydrogen) atoms. The number of pyridine rings is 1. The standard InChI is InChI=1S/C25H27F2N5O4S/c1-24(36-4)7-9-25(10-8-24)30(2)23(35)19-21(34)20(33)16(13-32(19)31(25)3)22-29-28-18(37-22)11-14-5-6-15(26)12-17(14)27/h5-6,12-13,34H,7-11H2,1-4H3. The lowest BCUT2D eigenvalue weighted by atomic mass is 9.78. The Kier molecular flexibility index (Phi) is 6.06. The predicted octanol–water partition coefficient (Wildman–Crippen LogP) is 3.27. The van der Waals surface area contributed by atoms with E-state index in [1.807, 2.05) is 19.0 Å². The molecule has 1 aromatic carbocycles. The van der Waals surface area contributed by atoms with E-state index < -0.39 is 34.4 Å². The molecule has 5 rings (SSSR count). The minimum atomic E-state index is -0.747. The summed E-state index contributed by atoms with van der Waals surface area (Å²) in [5.74, 6) is -2.50. The highest BCUT2D eigenvalue weighted by Gasteiger charge is 2.52. The van der Waals surface area contributed by atoms with Gasteiger partial charge in [-0.15, -0.1) is 10.2 Å². The van der Waals surface area contributed by atoms with E-state index in [1.54, 1.807) is 19.1 Å². The van der Waals surface area contributed by atoms with Crippen molar-refractivity contribution in [3.05, 3.63) is 62.5 Å². The van der Waals surface area contributed by atoms with Gasteiger partial charge >= 0.3 is 0 Å². The van der Waals surface area contributed by atoms with Crippen molar-refractivity contribution in [3.63, 3.8) is 0 Å². The van der Waals surface area contributed by atoms with Crippen LogP contribution in [0.4, 0.5) is 8.78 Å². The number of fused-ring (bicyclic) bond motifs is 1. The number of hydrogen-bond donors (Lipinski definition) is 1. The van der Waals surface area contributed by atoms with Gasteiger partial charge in [0.25, 0.3) is 5.91 Å². The third-order valence-electron chi connectivity index (χ3n) is 7.88. The number of benzene rings is 1. The van der Waals surface area contributed by atoms with Crippen LogP contribution in [0, 0.1) is 11.6 Å². The van der Waals surface area contributed by atoms with E-state index in [2.05, 4.69) is 10.2 Å². The first kappa shape index (κ1) is 25.3. The molecule has 3 aromatic rings. The van der Waals surface area contributed by atoms with Crippen LogP contribution < -0.4 is 10.4 Å². The van der Waals surface area contributed by atoms with Gasteiger partial charge in [0.15, 0.2) is 16.5 Å². The van der Waals surface area contributed by atoms with E-state index in [0.717, 1.165) is 36.3 Å². The lowest BCUT2D eigenvalue weighted by Gasteiger charge is -2.57. The fourth-order valence-corrected chi connectivity index (χ4v) is 6.12. The van der Waals surface area contributed by atoms with Crippen molar-refractivity contribution < 1.29 is 23.4 Å². The number of methoxy groups -OCH3 is 1. The molecule has 0 bridgehead atoms.